The third kappa shape index (κ3) is 3.85. The predicted octanol–water partition coefficient (Wildman–Crippen LogP) is 0.567. The van der Waals surface area contributed by atoms with Crippen molar-refractivity contribution < 1.29 is 24.5 Å². The number of nitrogens with zero attached hydrogens (tertiary/aromatic N) is 1. The highest BCUT2D eigenvalue weighted by atomic mass is 16.5. The first kappa shape index (κ1) is 16.0. The lowest BCUT2D eigenvalue weighted by Crippen LogP contribution is -2.57. The molecule has 1 saturated carbocycles. The highest BCUT2D eigenvalue weighted by Gasteiger charge is 2.43. The van der Waals surface area contributed by atoms with E-state index in [0.29, 0.717) is 45.4 Å². The van der Waals surface area contributed by atoms with E-state index in [2.05, 4.69) is 5.32 Å². The molecule has 0 bridgehead atoms. The molecule has 2 rings (SSSR count). The lowest BCUT2D eigenvalue weighted by Gasteiger charge is -2.35. The number of ether oxygens (including phenoxy) is 1. The Labute approximate surface area is 124 Å². The van der Waals surface area contributed by atoms with Crippen LogP contribution in [0.15, 0.2) is 0 Å². The Morgan fingerprint density at radius 2 is 1.86 bits per heavy atom. The molecule has 0 spiro atoms. The summed E-state index contributed by atoms with van der Waals surface area (Å²) in [5.41, 5.74) is -1.08. The molecule has 0 atom stereocenters. The molecule has 2 aliphatic rings. The fraction of sp³-hybridized carbons (Fsp3) is 0.857. The number of nitrogens with one attached hydrogen (secondary N) is 1. The van der Waals surface area contributed by atoms with Crippen LogP contribution in [-0.4, -0.2) is 65.1 Å². The molecule has 2 fully saturated rings. The number of likely N-dealkylation sites (tertiary alicyclic amines) is 1. The molecule has 120 valence electrons. The molecule has 1 heterocycles. The van der Waals surface area contributed by atoms with Gasteiger partial charge in [0, 0.05) is 13.1 Å². The minimum absolute atomic E-state index is 0.00182. The standard InChI is InChI=1S/C14H24N2O5/c17-9-10-21-11-3-7-16(8-4-11)13(20)15-14(12(18)19)5-1-2-6-14/h11,17H,1-10H2,(H,15,20)(H,18,19). The molecule has 0 unspecified atom stereocenters. The Morgan fingerprint density at radius 1 is 1.24 bits per heavy atom. The van der Waals surface area contributed by atoms with Crippen molar-refractivity contribution in [3.8, 4) is 0 Å². The zero-order chi connectivity index (χ0) is 15.3. The van der Waals surface area contributed by atoms with Crippen LogP contribution in [0.25, 0.3) is 0 Å². The number of hydrogen-bond donors (Lipinski definition) is 3. The molecule has 0 aromatic rings. The first-order valence-electron chi connectivity index (χ1n) is 7.60. The summed E-state index contributed by atoms with van der Waals surface area (Å²) in [6, 6.07) is -0.292. The molecule has 3 N–H and O–H groups in total. The second kappa shape index (κ2) is 7.09. The van der Waals surface area contributed by atoms with Crippen LogP contribution in [0, 0.1) is 0 Å². The van der Waals surface area contributed by atoms with E-state index >= 15 is 0 Å². The minimum atomic E-state index is -1.08. The molecule has 0 aromatic heterocycles. The van der Waals surface area contributed by atoms with Gasteiger partial charge in [-0.25, -0.2) is 9.59 Å². The maximum Gasteiger partial charge on any atom is 0.329 e. The molecule has 1 aliphatic carbocycles. The van der Waals surface area contributed by atoms with Crippen molar-refractivity contribution in [2.45, 2.75) is 50.2 Å². The van der Waals surface area contributed by atoms with E-state index in [1.807, 2.05) is 0 Å². The van der Waals surface area contributed by atoms with Gasteiger partial charge in [-0.2, -0.15) is 0 Å². The third-order valence-corrected chi connectivity index (χ3v) is 4.39. The Bertz CT molecular complexity index is 374. The Balaban J connectivity index is 1.83. The van der Waals surface area contributed by atoms with E-state index in [1.54, 1.807) is 4.90 Å². The molecule has 1 aliphatic heterocycles. The van der Waals surface area contributed by atoms with Crippen LogP contribution in [0.4, 0.5) is 4.79 Å². The van der Waals surface area contributed by atoms with Crippen molar-refractivity contribution in [2.24, 2.45) is 0 Å². The molecule has 1 saturated heterocycles. The zero-order valence-corrected chi connectivity index (χ0v) is 12.2. The number of rotatable bonds is 5. The normalized spacial score (nSPS) is 22.2. The highest BCUT2D eigenvalue weighted by molar-refractivity contribution is 5.86. The van der Waals surface area contributed by atoms with Crippen molar-refractivity contribution in [2.75, 3.05) is 26.3 Å². The van der Waals surface area contributed by atoms with Gasteiger partial charge in [0.1, 0.15) is 5.54 Å². The molecule has 21 heavy (non-hydrogen) atoms. The summed E-state index contributed by atoms with van der Waals surface area (Å²) in [6.45, 7) is 1.43. The monoisotopic (exact) mass is 300 g/mol. The molecule has 2 amide bonds. The fourth-order valence-electron chi connectivity index (χ4n) is 3.10. The molecule has 0 aromatic carbocycles. The summed E-state index contributed by atoms with van der Waals surface area (Å²) < 4.78 is 5.45. The molecular weight excluding hydrogens is 276 g/mol. The van der Waals surface area contributed by atoms with Crippen LogP contribution in [0.3, 0.4) is 0 Å². The first-order valence-corrected chi connectivity index (χ1v) is 7.60. The summed E-state index contributed by atoms with van der Waals surface area (Å²) >= 11 is 0. The van der Waals surface area contributed by atoms with Crippen LogP contribution in [0.1, 0.15) is 38.5 Å². The fourth-order valence-corrected chi connectivity index (χ4v) is 3.10. The summed E-state index contributed by atoms with van der Waals surface area (Å²) in [5.74, 6) is -0.936. The number of amides is 2. The number of aliphatic carboxylic acids is 1. The zero-order valence-electron chi connectivity index (χ0n) is 12.2. The van der Waals surface area contributed by atoms with Gasteiger partial charge in [-0.3, -0.25) is 0 Å². The van der Waals surface area contributed by atoms with Crippen molar-refractivity contribution in [3.63, 3.8) is 0 Å². The van der Waals surface area contributed by atoms with E-state index < -0.39 is 11.5 Å². The summed E-state index contributed by atoms with van der Waals surface area (Å²) in [7, 11) is 0. The summed E-state index contributed by atoms with van der Waals surface area (Å²) in [5, 5.41) is 20.8. The number of urea groups is 1. The molecule has 7 nitrogen and oxygen atoms in total. The second-order valence-corrected chi connectivity index (χ2v) is 5.81. The highest BCUT2D eigenvalue weighted by Crippen LogP contribution is 2.30. The van der Waals surface area contributed by atoms with Gasteiger partial charge in [0.15, 0.2) is 0 Å². The SMILES string of the molecule is O=C(NC1(C(=O)O)CCCC1)N1CCC(OCCO)CC1. The molecule has 7 heteroatoms. The Hall–Kier alpha value is -1.34. The molecule has 0 radical (unpaired) electrons. The largest absolute Gasteiger partial charge is 0.480 e. The van der Waals surface area contributed by atoms with E-state index in [9.17, 15) is 14.7 Å². The third-order valence-electron chi connectivity index (χ3n) is 4.39. The van der Waals surface area contributed by atoms with Crippen molar-refractivity contribution in [3.05, 3.63) is 0 Å². The van der Waals surface area contributed by atoms with E-state index in [0.717, 1.165) is 12.8 Å². The topological polar surface area (TPSA) is 99.1 Å². The number of carbonyl (C=O) groups is 2. The number of carboxylic acids is 1. The van der Waals surface area contributed by atoms with Gasteiger partial charge in [-0.1, -0.05) is 12.8 Å². The predicted molar refractivity (Wildman–Crippen MR) is 75.0 cm³/mol. The molecular formula is C14H24N2O5. The maximum absolute atomic E-state index is 12.3. The summed E-state index contributed by atoms with van der Waals surface area (Å²) in [4.78, 5) is 25.3. The van der Waals surface area contributed by atoms with Crippen molar-refractivity contribution in [1.29, 1.82) is 0 Å². The summed E-state index contributed by atoms with van der Waals surface area (Å²) in [6.07, 6.45) is 4.18. The second-order valence-electron chi connectivity index (χ2n) is 5.81. The lowest BCUT2D eigenvalue weighted by molar-refractivity contribution is -0.144. The van der Waals surface area contributed by atoms with Crippen LogP contribution in [0.2, 0.25) is 0 Å². The maximum atomic E-state index is 12.3. The van der Waals surface area contributed by atoms with Crippen LogP contribution < -0.4 is 5.32 Å². The number of carboxylic acid groups (broad SMARTS) is 1. The number of aliphatic hydroxyl groups is 1. The number of hydrogen-bond acceptors (Lipinski definition) is 4. The van der Waals surface area contributed by atoms with Gasteiger partial charge in [-0.05, 0) is 25.7 Å². The van der Waals surface area contributed by atoms with Gasteiger partial charge < -0.3 is 25.2 Å². The number of carbonyl (C=O) groups excluding carboxylic acids is 1. The van der Waals surface area contributed by atoms with Crippen molar-refractivity contribution in [1.82, 2.24) is 10.2 Å². The van der Waals surface area contributed by atoms with Crippen LogP contribution in [0.5, 0.6) is 0 Å². The van der Waals surface area contributed by atoms with Gasteiger partial charge in [0.2, 0.25) is 0 Å². The Morgan fingerprint density at radius 3 is 2.38 bits per heavy atom. The smallest absolute Gasteiger partial charge is 0.329 e. The van der Waals surface area contributed by atoms with E-state index in [1.165, 1.54) is 0 Å². The van der Waals surface area contributed by atoms with Gasteiger partial charge in [-0.15, -0.1) is 0 Å². The number of aliphatic hydroxyl groups excluding tert-OH is 1. The minimum Gasteiger partial charge on any atom is -0.480 e. The van der Waals surface area contributed by atoms with Gasteiger partial charge in [0.25, 0.3) is 0 Å². The van der Waals surface area contributed by atoms with Gasteiger partial charge >= 0.3 is 12.0 Å². The first-order chi connectivity index (χ1) is 10.1. The van der Waals surface area contributed by atoms with Crippen LogP contribution in [-0.2, 0) is 9.53 Å². The lowest BCUT2D eigenvalue weighted by atomic mass is 9.98. The number of piperidine rings is 1. The van der Waals surface area contributed by atoms with E-state index in [-0.39, 0.29) is 18.7 Å². The van der Waals surface area contributed by atoms with Gasteiger partial charge in [0.05, 0.1) is 19.3 Å². The quantitative estimate of drug-likeness (QED) is 0.689. The Kier molecular flexibility index (Phi) is 5.41. The van der Waals surface area contributed by atoms with Crippen molar-refractivity contribution >= 4 is 12.0 Å². The average Bonchev–Trinajstić information content (AvgIpc) is 2.95. The van der Waals surface area contributed by atoms with E-state index in [4.69, 9.17) is 9.84 Å². The van der Waals surface area contributed by atoms with Crippen LogP contribution >= 0.6 is 0 Å². The average molecular weight is 300 g/mol.